The molecule has 0 atom stereocenters. The summed E-state index contributed by atoms with van der Waals surface area (Å²) in [6.07, 6.45) is 10.3. The maximum atomic E-state index is 9.94. The van der Waals surface area contributed by atoms with Gasteiger partial charge in [0.1, 0.15) is 18.1 Å². The molecule has 2 rings (SSSR count). The first-order valence-corrected chi connectivity index (χ1v) is 7.42. The van der Waals surface area contributed by atoms with Gasteiger partial charge in [-0.2, -0.15) is 0 Å². The summed E-state index contributed by atoms with van der Waals surface area (Å²) >= 11 is 0. The van der Waals surface area contributed by atoms with Crippen molar-refractivity contribution in [1.29, 1.82) is 0 Å². The van der Waals surface area contributed by atoms with Gasteiger partial charge < -0.3 is 9.84 Å². The van der Waals surface area contributed by atoms with Crippen molar-refractivity contribution in [1.82, 2.24) is 0 Å². The standard InChI is InChI=1S/C21H20O2/c1-4-7-16-9-12-21(23-13-6-3)19(14-16)17-10-11-20(22)18(15-17)8-5-2/h3-5,9-12,14-15,22H,1-2,7-8,13H2. The fourth-order valence-corrected chi connectivity index (χ4v) is 2.41. The van der Waals surface area contributed by atoms with Crippen LogP contribution in [0.1, 0.15) is 11.1 Å². The summed E-state index contributed by atoms with van der Waals surface area (Å²) in [5, 5.41) is 9.94. The van der Waals surface area contributed by atoms with Crippen LogP contribution in [-0.2, 0) is 12.8 Å². The van der Waals surface area contributed by atoms with Gasteiger partial charge in [0.15, 0.2) is 0 Å². The fourth-order valence-electron chi connectivity index (χ4n) is 2.41. The Morgan fingerprint density at radius 1 is 1.09 bits per heavy atom. The Hall–Kier alpha value is -2.92. The van der Waals surface area contributed by atoms with Crippen molar-refractivity contribution in [2.24, 2.45) is 0 Å². The molecular formula is C21H20O2. The Kier molecular flexibility index (Phi) is 5.66. The van der Waals surface area contributed by atoms with E-state index in [-0.39, 0.29) is 12.4 Å². The Morgan fingerprint density at radius 3 is 2.57 bits per heavy atom. The third-order valence-electron chi connectivity index (χ3n) is 3.49. The van der Waals surface area contributed by atoms with Gasteiger partial charge in [-0.15, -0.1) is 19.6 Å². The second kappa shape index (κ2) is 7.91. The monoisotopic (exact) mass is 304 g/mol. The molecule has 0 saturated carbocycles. The highest BCUT2D eigenvalue weighted by atomic mass is 16.5. The summed E-state index contributed by atoms with van der Waals surface area (Å²) in [7, 11) is 0. The number of benzene rings is 2. The molecular weight excluding hydrogens is 284 g/mol. The second-order valence-electron chi connectivity index (χ2n) is 5.15. The van der Waals surface area contributed by atoms with E-state index in [9.17, 15) is 5.11 Å². The summed E-state index contributed by atoms with van der Waals surface area (Å²) in [6, 6.07) is 11.5. The predicted molar refractivity (Wildman–Crippen MR) is 95.7 cm³/mol. The normalized spacial score (nSPS) is 9.87. The van der Waals surface area contributed by atoms with Gasteiger partial charge in [-0.1, -0.05) is 30.2 Å². The topological polar surface area (TPSA) is 29.5 Å². The average Bonchev–Trinajstić information content (AvgIpc) is 2.56. The number of aromatic hydroxyl groups is 1. The summed E-state index contributed by atoms with van der Waals surface area (Å²) in [4.78, 5) is 0. The Balaban J connectivity index is 2.52. The summed E-state index contributed by atoms with van der Waals surface area (Å²) in [5.74, 6) is 3.48. The molecule has 0 aromatic heterocycles. The van der Waals surface area contributed by atoms with Crippen LogP contribution in [-0.4, -0.2) is 11.7 Å². The van der Waals surface area contributed by atoms with Crippen LogP contribution in [0.4, 0.5) is 0 Å². The van der Waals surface area contributed by atoms with Gasteiger partial charge >= 0.3 is 0 Å². The van der Waals surface area contributed by atoms with E-state index in [1.165, 1.54) is 0 Å². The number of phenolic OH excluding ortho intramolecular Hbond substituents is 1. The fraction of sp³-hybridized carbons (Fsp3) is 0.143. The molecule has 2 heteroatoms. The molecule has 0 heterocycles. The molecule has 0 aliphatic carbocycles. The third-order valence-corrected chi connectivity index (χ3v) is 3.49. The molecule has 23 heavy (non-hydrogen) atoms. The molecule has 0 bridgehead atoms. The van der Waals surface area contributed by atoms with Crippen molar-refractivity contribution >= 4 is 0 Å². The summed E-state index contributed by atoms with van der Waals surface area (Å²) in [6.45, 7) is 7.72. The smallest absolute Gasteiger partial charge is 0.148 e. The lowest BCUT2D eigenvalue weighted by Crippen LogP contribution is -1.97. The molecule has 0 spiro atoms. The lowest BCUT2D eigenvalue weighted by Gasteiger charge is -2.13. The molecule has 0 radical (unpaired) electrons. The largest absolute Gasteiger partial charge is 0.508 e. The van der Waals surface area contributed by atoms with Crippen molar-refractivity contribution in [2.75, 3.05) is 6.61 Å². The number of ether oxygens (including phenoxy) is 1. The van der Waals surface area contributed by atoms with Crippen LogP contribution < -0.4 is 4.74 Å². The number of rotatable bonds is 7. The Bertz CT molecular complexity index is 751. The number of allylic oxidation sites excluding steroid dienone is 2. The van der Waals surface area contributed by atoms with Gasteiger partial charge in [0.2, 0.25) is 0 Å². The second-order valence-corrected chi connectivity index (χ2v) is 5.15. The zero-order chi connectivity index (χ0) is 16.7. The number of terminal acetylenes is 1. The summed E-state index contributed by atoms with van der Waals surface area (Å²) < 4.78 is 5.66. The quantitative estimate of drug-likeness (QED) is 0.601. The van der Waals surface area contributed by atoms with E-state index in [0.29, 0.717) is 6.42 Å². The van der Waals surface area contributed by atoms with Crippen molar-refractivity contribution in [3.63, 3.8) is 0 Å². The van der Waals surface area contributed by atoms with Crippen LogP contribution in [0.3, 0.4) is 0 Å². The van der Waals surface area contributed by atoms with E-state index in [1.54, 1.807) is 12.1 Å². The Morgan fingerprint density at radius 2 is 1.87 bits per heavy atom. The highest BCUT2D eigenvalue weighted by molar-refractivity contribution is 5.73. The molecule has 0 unspecified atom stereocenters. The molecule has 2 aromatic rings. The summed E-state index contributed by atoms with van der Waals surface area (Å²) in [5.41, 5.74) is 3.89. The van der Waals surface area contributed by atoms with Crippen LogP contribution in [0.5, 0.6) is 11.5 Å². The van der Waals surface area contributed by atoms with Gasteiger partial charge in [-0.3, -0.25) is 0 Å². The minimum Gasteiger partial charge on any atom is -0.508 e. The van der Waals surface area contributed by atoms with Gasteiger partial charge in [0.25, 0.3) is 0 Å². The molecule has 0 amide bonds. The number of phenols is 1. The first-order valence-electron chi connectivity index (χ1n) is 7.42. The van der Waals surface area contributed by atoms with E-state index < -0.39 is 0 Å². The first-order chi connectivity index (χ1) is 11.2. The predicted octanol–water partition coefficient (Wildman–Crippen LogP) is 4.53. The zero-order valence-electron chi connectivity index (χ0n) is 13.1. The molecule has 0 fully saturated rings. The average molecular weight is 304 g/mol. The Labute approximate surface area is 137 Å². The lowest BCUT2D eigenvalue weighted by molar-refractivity contribution is 0.372. The van der Waals surface area contributed by atoms with Gasteiger partial charge in [-0.05, 0) is 53.8 Å². The molecule has 1 N–H and O–H groups in total. The third kappa shape index (κ3) is 4.05. The lowest BCUT2D eigenvalue weighted by atomic mass is 9.97. The van der Waals surface area contributed by atoms with E-state index in [4.69, 9.17) is 11.2 Å². The highest BCUT2D eigenvalue weighted by Gasteiger charge is 2.10. The van der Waals surface area contributed by atoms with Crippen molar-refractivity contribution in [3.05, 3.63) is 72.8 Å². The van der Waals surface area contributed by atoms with Crippen LogP contribution in [0.2, 0.25) is 0 Å². The van der Waals surface area contributed by atoms with Gasteiger partial charge in [0, 0.05) is 5.56 Å². The maximum Gasteiger partial charge on any atom is 0.148 e. The minimum atomic E-state index is 0.214. The van der Waals surface area contributed by atoms with Crippen molar-refractivity contribution < 1.29 is 9.84 Å². The van der Waals surface area contributed by atoms with Crippen LogP contribution in [0.25, 0.3) is 11.1 Å². The van der Waals surface area contributed by atoms with E-state index in [1.807, 2.05) is 30.3 Å². The van der Waals surface area contributed by atoms with Crippen molar-refractivity contribution in [3.8, 4) is 35.0 Å². The highest BCUT2D eigenvalue weighted by Crippen LogP contribution is 2.34. The molecule has 0 aliphatic heterocycles. The SMILES string of the molecule is C#CCOc1ccc(CC=C)cc1-c1ccc(O)c(CC=C)c1. The van der Waals surface area contributed by atoms with Crippen LogP contribution >= 0.6 is 0 Å². The minimum absolute atomic E-state index is 0.214. The van der Waals surface area contributed by atoms with Gasteiger partial charge in [-0.25, -0.2) is 0 Å². The van der Waals surface area contributed by atoms with E-state index >= 15 is 0 Å². The van der Waals surface area contributed by atoms with Crippen LogP contribution in [0, 0.1) is 12.3 Å². The van der Waals surface area contributed by atoms with Crippen molar-refractivity contribution in [2.45, 2.75) is 12.8 Å². The molecule has 0 aliphatic rings. The maximum absolute atomic E-state index is 9.94. The molecule has 116 valence electrons. The van der Waals surface area contributed by atoms with E-state index in [0.717, 1.165) is 34.4 Å². The molecule has 2 nitrogen and oxygen atoms in total. The first kappa shape index (κ1) is 16.5. The number of hydrogen-bond acceptors (Lipinski definition) is 2. The molecule has 0 saturated heterocycles. The molecule has 2 aromatic carbocycles. The zero-order valence-corrected chi connectivity index (χ0v) is 13.1. The number of hydrogen-bond donors (Lipinski definition) is 1. The van der Waals surface area contributed by atoms with Crippen LogP contribution in [0.15, 0.2) is 61.7 Å². The van der Waals surface area contributed by atoms with E-state index in [2.05, 4.69) is 25.1 Å². The van der Waals surface area contributed by atoms with Gasteiger partial charge in [0.05, 0.1) is 0 Å².